The van der Waals surface area contributed by atoms with E-state index in [1.807, 2.05) is 32.0 Å². The lowest BCUT2D eigenvalue weighted by Gasteiger charge is -2.00. The van der Waals surface area contributed by atoms with Crippen molar-refractivity contribution in [2.24, 2.45) is 0 Å². The smallest absolute Gasteiger partial charge is 0.179 e. The van der Waals surface area contributed by atoms with Crippen molar-refractivity contribution >= 4 is 17.2 Å². The van der Waals surface area contributed by atoms with Crippen LogP contribution >= 0.6 is 0 Å². The molecule has 1 N–H and O–H groups in total. The fourth-order valence-corrected chi connectivity index (χ4v) is 2.36. The highest BCUT2D eigenvalue weighted by atomic mass is 16.5. The van der Waals surface area contributed by atoms with Gasteiger partial charge in [0.25, 0.3) is 0 Å². The average molecular weight is 240 g/mol. The Morgan fingerprint density at radius 1 is 1.33 bits per heavy atom. The van der Waals surface area contributed by atoms with E-state index in [9.17, 15) is 4.79 Å². The van der Waals surface area contributed by atoms with E-state index < -0.39 is 0 Å². The molecule has 0 aliphatic heterocycles. The van der Waals surface area contributed by atoms with E-state index in [2.05, 4.69) is 10.1 Å². The molecule has 4 heteroatoms. The van der Waals surface area contributed by atoms with Gasteiger partial charge in [0, 0.05) is 22.2 Å². The van der Waals surface area contributed by atoms with Gasteiger partial charge in [-0.05, 0) is 25.5 Å². The molecule has 2 aromatic heterocycles. The van der Waals surface area contributed by atoms with Gasteiger partial charge in [-0.25, -0.2) is 0 Å². The zero-order valence-electron chi connectivity index (χ0n) is 10.2. The van der Waals surface area contributed by atoms with Crippen molar-refractivity contribution in [2.45, 2.75) is 13.8 Å². The highest BCUT2D eigenvalue weighted by Gasteiger charge is 2.18. The molecule has 0 aliphatic rings. The third-order valence-corrected chi connectivity index (χ3v) is 3.17. The molecule has 0 atom stereocenters. The van der Waals surface area contributed by atoms with Crippen molar-refractivity contribution in [1.82, 2.24) is 10.1 Å². The van der Waals surface area contributed by atoms with Crippen molar-refractivity contribution in [3.05, 3.63) is 41.2 Å². The Morgan fingerprint density at radius 3 is 2.94 bits per heavy atom. The lowest BCUT2D eigenvalue weighted by molar-refractivity contribution is 0.112. The molecule has 0 bridgehead atoms. The lowest BCUT2D eigenvalue weighted by atomic mass is 10.0. The molecule has 0 fully saturated rings. The molecule has 0 unspecified atom stereocenters. The van der Waals surface area contributed by atoms with Gasteiger partial charge in [-0.15, -0.1) is 0 Å². The third kappa shape index (κ3) is 1.39. The Bertz CT molecular complexity index is 737. The van der Waals surface area contributed by atoms with Crippen LogP contribution in [-0.2, 0) is 0 Å². The minimum atomic E-state index is 0.474. The Morgan fingerprint density at radius 2 is 2.17 bits per heavy atom. The summed E-state index contributed by atoms with van der Waals surface area (Å²) in [5, 5.41) is 4.78. The maximum Gasteiger partial charge on any atom is 0.179 e. The molecular formula is C14H12N2O2. The Kier molecular flexibility index (Phi) is 2.30. The number of nitrogens with one attached hydrogen (secondary N) is 1. The standard InChI is InChI=1S/C14H12N2O2/c1-8-4-3-5-11-12(8)13(9(2)16-11)14-10(7-17)6-15-18-14/h3-7,16H,1-2H3. The fraction of sp³-hybridized carbons (Fsp3) is 0.143. The molecule has 0 saturated carbocycles. The number of H-pyrrole nitrogens is 1. The summed E-state index contributed by atoms with van der Waals surface area (Å²) in [5.41, 5.74) is 4.54. The number of hydrogen-bond donors (Lipinski definition) is 1. The van der Waals surface area contributed by atoms with Crippen molar-refractivity contribution in [2.75, 3.05) is 0 Å². The monoisotopic (exact) mass is 240 g/mol. The number of benzene rings is 1. The summed E-state index contributed by atoms with van der Waals surface area (Å²) in [6.07, 6.45) is 2.21. The summed E-state index contributed by atoms with van der Waals surface area (Å²) in [6.45, 7) is 4.00. The number of aromatic amines is 1. The molecule has 2 heterocycles. The number of nitrogens with zero attached hydrogens (tertiary/aromatic N) is 1. The third-order valence-electron chi connectivity index (χ3n) is 3.17. The number of carbonyl (C=O) groups excluding carboxylic acids is 1. The van der Waals surface area contributed by atoms with Gasteiger partial charge in [0.15, 0.2) is 12.0 Å². The quantitative estimate of drug-likeness (QED) is 0.699. The van der Waals surface area contributed by atoms with E-state index in [4.69, 9.17) is 4.52 Å². The largest absolute Gasteiger partial charge is 0.358 e. The first-order valence-corrected chi connectivity index (χ1v) is 5.70. The van der Waals surface area contributed by atoms with Crippen LogP contribution in [-0.4, -0.2) is 16.4 Å². The van der Waals surface area contributed by atoms with Gasteiger partial charge in [0.2, 0.25) is 0 Å². The van der Waals surface area contributed by atoms with Gasteiger partial charge in [-0.3, -0.25) is 4.79 Å². The normalized spacial score (nSPS) is 11.0. The molecule has 0 aliphatic carbocycles. The van der Waals surface area contributed by atoms with Gasteiger partial charge in [-0.1, -0.05) is 17.3 Å². The number of rotatable bonds is 2. The van der Waals surface area contributed by atoms with Crippen molar-refractivity contribution < 1.29 is 9.32 Å². The minimum Gasteiger partial charge on any atom is -0.358 e. The topological polar surface area (TPSA) is 58.9 Å². The van der Waals surface area contributed by atoms with E-state index in [1.165, 1.54) is 6.20 Å². The summed E-state index contributed by atoms with van der Waals surface area (Å²) in [7, 11) is 0. The van der Waals surface area contributed by atoms with Crippen LogP contribution in [0, 0.1) is 13.8 Å². The summed E-state index contributed by atoms with van der Waals surface area (Å²) in [5.74, 6) is 0.531. The number of aromatic nitrogens is 2. The van der Waals surface area contributed by atoms with E-state index in [0.29, 0.717) is 11.3 Å². The molecule has 0 saturated heterocycles. The fourth-order valence-electron chi connectivity index (χ4n) is 2.36. The Balaban J connectivity index is 2.42. The predicted molar refractivity (Wildman–Crippen MR) is 68.7 cm³/mol. The van der Waals surface area contributed by atoms with E-state index in [-0.39, 0.29) is 0 Å². The van der Waals surface area contributed by atoms with Crippen LogP contribution in [0.4, 0.5) is 0 Å². The zero-order chi connectivity index (χ0) is 12.7. The highest BCUT2D eigenvalue weighted by Crippen LogP contribution is 2.35. The zero-order valence-corrected chi connectivity index (χ0v) is 10.2. The Labute approximate surface area is 104 Å². The van der Waals surface area contributed by atoms with Crippen LogP contribution in [0.15, 0.2) is 28.9 Å². The Hall–Kier alpha value is -2.36. The number of fused-ring (bicyclic) bond motifs is 1. The van der Waals surface area contributed by atoms with Crippen LogP contribution in [0.25, 0.3) is 22.2 Å². The number of aryl methyl sites for hydroxylation is 2. The van der Waals surface area contributed by atoms with Gasteiger partial charge < -0.3 is 9.51 Å². The van der Waals surface area contributed by atoms with Gasteiger partial charge in [0.1, 0.15) is 0 Å². The first-order chi connectivity index (χ1) is 8.72. The van der Waals surface area contributed by atoms with E-state index in [1.54, 1.807) is 0 Å². The summed E-state index contributed by atoms with van der Waals surface area (Å²) < 4.78 is 5.24. The van der Waals surface area contributed by atoms with Gasteiger partial charge in [0.05, 0.1) is 11.8 Å². The van der Waals surface area contributed by atoms with E-state index >= 15 is 0 Å². The van der Waals surface area contributed by atoms with Crippen molar-refractivity contribution in [1.29, 1.82) is 0 Å². The highest BCUT2D eigenvalue weighted by molar-refractivity contribution is 6.01. The summed E-state index contributed by atoms with van der Waals surface area (Å²) in [4.78, 5) is 14.3. The van der Waals surface area contributed by atoms with E-state index in [0.717, 1.165) is 34.0 Å². The van der Waals surface area contributed by atoms with Crippen LogP contribution in [0.5, 0.6) is 0 Å². The number of hydrogen-bond acceptors (Lipinski definition) is 3. The first kappa shape index (κ1) is 10.8. The molecule has 3 rings (SSSR count). The number of aldehydes is 1. The molecule has 1 aromatic carbocycles. The maximum atomic E-state index is 11.0. The van der Waals surface area contributed by atoms with Crippen LogP contribution < -0.4 is 0 Å². The average Bonchev–Trinajstić information content (AvgIpc) is 2.92. The summed E-state index contributed by atoms with van der Waals surface area (Å²) >= 11 is 0. The molecule has 4 nitrogen and oxygen atoms in total. The molecule has 0 spiro atoms. The van der Waals surface area contributed by atoms with Crippen molar-refractivity contribution in [3.8, 4) is 11.3 Å². The molecule has 3 aromatic rings. The second kappa shape index (κ2) is 3.84. The van der Waals surface area contributed by atoms with Gasteiger partial charge >= 0.3 is 0 Å². The first-order valence-electron chi connectivity index (χ1n) is 5.70. The minimum absolute atomic E-state index is 0.474. The maximum absolute atomic E-state index is 11.0. The predicted octanol–water partition coefficient (Wildman–Crippen LogP) is 3.25. The van der Waals surface area contributed by atoms with Crippen molar-refractivity contribution in [3.63, 3.8) is 0 Å². The second-order valence-electron chi connectivity index (χ2n) is 4.35. The second-order valence-corrected chi connectivity index (χ2v) is 4.35. The molecule has 0 amide bonds. The summed E-state index contributed by atoms with van der Waals surface area (Å²) in [6, 6.07) is 6.05. The van der Waals surface area contributed by atoms with Crippen LogP contribution in [0.2, 0.25) is 0 Å². The molecule has 90 valence electrons. The molecule has 18 heavy (non-hydrogen) atoms. The van der Waals surface area contributed by atoms with Crippen LogP contribution in [0.1, 0.15) is 21.6 Å². The number of carbonyl (C=O) groups is 1. The molecule has 0 radical (unpaired) electrons. The SMILES string of the molecule is Cc1[nH]c2cccc(C)c2c1-c1oncc1C=O. The van der Waals surface area contributed by atoms with Crippen LogP contribution in [0.3, 0.4) is 0 Å². The lowest BCUT2D eigenvalue weighted by Crippen LogP contribution is -1.84. The van der Waals surface area contributed by atoms with Gasteiger partial charge in [-0.2, -0.15) is 0 Å². The molecular weight excluding hydrogens is 228 g/mol.